The zero-order valence-corrected chi connectivity index (χ0v) is 27.3. The van der Waals surface area contributed by atoms with Gasteiger partial charge in [-0.2, -0.15) is 5.10 Å². The van der Waals surface area contributed by atoms with Crippen LogP contribution < -0.4 is 0 Å². The molecule has 5 heterocycles. The highest BCUT2D eigenvalue weighted by molar-refractivity contribution is 6.76. The Kier molecular flexibility index (Phi) is 7.60. The molecule has 0 radical (unpaired) electrons. The van der Waals surface area contributed by atoms with E-state index in [1.807, 2.05) is 35.7 Å². The van der Waals surface area contributed by atoms with Gasteiger partial charge in [-0.1, -0.05) is 55.2 Å². The highest BCUT2D eigenvalue weighted by Crippen LogP contribution is 2.43. The fraction of sp³-hybridized carbons (Fsp3) is 0.412. The van der Waals surface area contributed by atoms with Crippen molar-refractivity contribution < 1.29 is 9.47 Å². The molecule has 1 saturated heterocycles. The molecule has 0 bridgehead atoms. The van der Waals surface area contributed by atoms with Gasteiger partial charge in [0, 0.05) is 57.5 Å². The lowest BCUT2D eigenvalue weighted by Crippen LogP contribution is -2.26. The van der Waals surface area contributed by atoms with Crippen molar-refractivity contribution in [2.75, 3.05) is 19.8 Å². The summed E-state index contributed by atoms with van der Waals surface area (Å²) in [6.45, 7) is 11.9. The van der Waals surface area contributed by atoms with Crippen LogP contribution in [-0.2, 0) is 23.3 Å². The molecule has 7 rings (SSSR count). The Morgan fingerprint density at radius 3 is 2.50 bits per heavy atom. The number of ether oxygens (including phenoxy) is 2. The minimum atomic E-state index is -1.17. The van der Waals surface area contributed by atoms with Gasteiger partial charge in [-0.25, -0.2) is 9.36 Å². The van der Waals surface area contributed by atoms with Crippen LogP contribution in [0.15, 0.2) is 60.9 Å². The summed E-state index contributed by atoms with van der Waals surface area (Å²) in [5.74, 6) is 0.423. The maximum absolute atomic E-state index is 6.11. The number of fused-ring (bicyclic) bond motifs is 5. The lowest BCUT2D eigenvalue weighted by Gasteiger charge is -2.33. The zero-order valence-electron chi connectivity index (χ0n) is 26.3. The summed E-state index contributed by atoms with van der Waals surface area (Å²) < 4.78 is 18.3. The van der Waals surface area contributed by atoms with E-state index in [9.17, 15) is 0 Å². The van der Waals surface area contributed by atoms with Gasteiger partial charge in [0.05, 0.1) is 45.7 Å². The van der Waals surface area contributed by atoms with E-state index in [-0.39, 0.29) is 6.04 Å². The van der Waals surface area contributed by atoms with Gasteiger partial charge in [0.15, 0.2) is 0 Å². The Morgan fingerprint density at radius 2 is 1.77 bits per heavy atom. The molecule has 1 aliphatic heterocycles. The molecule has 0 unspecified atom stereocenters. The third-order valence-electron chi connectivity index (χ3n) is 9.04. The van der Waals surface area contributed by atoms with Gasteiger partial charge in [0.2, 0.25) is 0 Å². The zero-order chi connectivity index (χ0) is 30.4. The van der Waals surface area contributed by atoms with Crippen LogP contribution in [0.2, 0.25) is 25.7 Å². The van der Waals surface area contributed by atoms with Crippen molar-refractivity contribution in [3.05, 3.63) is 72.2 Å². The van der Waals surface area contributed by atoms with Crippen LogP contribution >= 0.6 is 0 Å². The van der Waals surface area contributed by atoms with Gasteiger partial charge in [0.1, 0.15) is 6.73 Å². The first-order chi connectivity index (χ1) is 21.3. The highest BCUT2D eigenvalue weighted by Gasteiger charge is 2.31. The van der Waals surface area contributed by atoms with Crippen LogP contribution in [0.5, 0.6) is 0 Å². The molecule has 4 aromatic heterocycles. The minimum Gasteiger partial charge on any atom is -0.381 e. The molecule has 1 fully saturated rings. The van der Waals surface area contributed by atoms with Crippen molar-refractivity contribution in [3.8, 4) is 11.3 Å². The maximum Gasteiger partial charge on any atom is 0.139 e. The SMILES string of the molecule is Cc1nnn(C)c1-c1cnc2c3c4cnn(COCC[Si](C)(C)C)c4ccc3n([C@H](c3ccccc3)C3CCOCC3)c2c1. The average molecular weight is 608 g/mol. The second-order valence-electron chi connectivity index (χ2n) is 13.3. The summed E-state index contributed by atoms with van der Waals surface area (Å²) in [6, 6.07) is 18.9. The Balaban J connectivity index is 1.44. The Labute approximate surface area is 258 Å². The smallest absolute Gasteiger partial charge is 0.139 e. The Morgan fingerprint density at radius 1 is 1.00 bits per heavy atom. The molecule has 0 saturated carbocycles. The number of aromatic nitrogens is 7. The largest absolute Gasteiger partial charge is 0.381 e. The number of hydrogen-bond acceptors (Lipinski definition) is 6. The molecule has 2 aromatic carbocycles. The molecule has 10 heteroatoms. The van der Waals surface area contributed by atoms with Crippen molar-refractivity contribution in [2.45, 2.75) is 58.2 Å². The third kappa shape index (κ3) is 5.25. The normalized spacial score (nSPS) is 15.6. The van der Waals surface area contributed by atoms with E-state index >= 15 is 0 Å². The van der Waals surface area contributed by atoms with E-state index < -0.39 is 8.07 Å². The molecule has 0 amide bonds. The summed E-state index contributed by atoms with van der Waals surface area (Å²) in [5, 5.41) is 15.6. The van der Waals surface area contributed by atoms with Crippen molar-refractivity contribution >= 4 is 40.9 Å². The first-order valence-electron chi connectivity index (χ1n) is 15.7. The first-order valence-corrected chi connectivity index (χ1v) is 19.4. The van der Waals surface area contributed by atoms with Crippen molar-refractivity contribution in [3.63, 3.8) is 0 Å². The maximum atomic E-state index is 6.11. The predicted octanol–water partition coefficient (Wildman–Crippen LogP) is 6.97. The number of rotatable bonds is 9. The standard InChI is InChI=1S/C34H41N7O2Si/c1-23-33(39(2)38-37-23)26-19-30-32(35-20-26)31-27-21-36-40(22-43-17-18-44(3,4)5)28(27)11-12-29(31)41(30)34(24-9-7-6-8-10-24)25-13-15-42-16-14-25/h6-12,19-21,25,34H,13-18,22H2,1-5H3/t34-/m1/s1. The Bertz CT molecular complexity index is 1910. The Hall–Kier alpha value is -3.86. The molecule has 1 atom stereocenters. The topological polar surface area (TPSA) is 84.8 Å². The van der Waals surface area contributed by atoms with E-state index in [0.717, 1.165) is 88.5 Å². The number of aryl methyl sites for hydroxylation is 2. The molecule has 1 aliphatic rings. The van der Waals surface area contributed by atoms with Crippen LogP contribution in [0.4, 0.5) is 0 Å². The first kappa shape index (κ1) is 28.9. The lowest BCUT2D eigenvalue weighted by molar-refractivity contribution is 0.0553. The van der Waals surface area contributed by atoms with E-state index in [1.54, 1.807) is 0 Å². The van der Waals surface area contributed by atoms with E-state index in [1.165, 1.54) is 5.56 Å². The third-order valence-corrected chi connectivity index (χ3v) is 10.7. The lowest BCUT2D eigenvalue weighted by atomic mass is 9.86. The summed E-state index contributed by atoms with van der Waals surface area (Å²) in [5.41, 5.74) is 8.48. The summed E-state index contributed by atoms with van der Waals surface area (Å²) in [4.78, 5) is 5.17. The fourth-order valence-corrected chi connectivity index (χ4v) is 7.54. The summed E-state index contributed by atoms with van der Waals surface area (Å²) in [7, 11) is 0.773. The molecule has 0 aliphatic carbocycles. The summed E-state index contributed by atoms with van der Waals surface area (Å²) in [6.07, 6.45) is 5.97. The fourth-order valence-electron chi connectivity index (χ4n) is 6.78. The number of nitrogens with zero attached hydrogens (tertiary/aromatic N) is 7. The van der Waals surface area contributed by atoms with Gasteiger partial charge in [-0.05, 0) is 55.5 Å². The molecule has 228 valence electrons. The molecule has 44 heavy (non-hydrogen) atoms. The second kappa shape index (κ2) is 11.6. The van der Waals surface area contributed by atoms with Gasteiger partial charge in [-0.3, -0.25) is 4.98 Å². The monoisotopic (exact) mass is 607 g/mol. The van der Waals surface area contributed by atoms with E-state index in [0.29, 0.717) is 12.6 Å². The summed E-state index contributed by atoms with van der Waals surface area (Å²) >= 11 is 0. The van der Waals surface area contributed by atoms with Crippen molar-refractivity contribution in [1.82, 2.24) is 34.3 Å². The van der Waals surface area contributed by atoms with Gasteiger partial charge >= 0.3 is 0 Å². The minimum absolute atomic E-state index is 0.125. The van der Waals surface area contributed by atoms with E-state index in [4.69, 9.17) is 19.6 Å². The molecule has 0 N–H and O–H groups in total. The molecule has 6 aromatic rings. The van der Waals surface area contributed by atoms with Gasteiger partial charge in [0.25, 0.3) is 0 Å². The molecule has 0 spiro atoms. The predicted molar refractivity (Wildman–Crippen MR) is 177 cm³/mol. The number of hydrogen-bond donors (Lipinski definition) is 0. The molecule has 9 nitrogen and oxygen atoms in total. The van der Waals surface area contributed by atoms with Crippen LogP contribution in [0.3, 0.4) is 0 Å². The quantitative estimate of drug-likeness (QED) is 0.130. The van der Waals surface area contributed by atoms with Crippen LogP contribution in [-0.4, -0.2) is 62.2 Å². The van der Waals surface area contributed by atoms with Crippen molar-refractivity contribution in [2.24, 2.45) is 13.0 Å². The van der Waals surface area contributed by atoms with Crippen LogP contribution in [0.1, 0.15) is 30.1 Å². The van der Waals surface area contributed by atoms with Crippen LogP contribution in [0.25, 0.3) is 44.1 Å². The molecular formula is C34H41N7O2Si. The van der Waals surface area contributed by atoms with E-state index in [2.05, 4.69) is 83.1 Å². The highest BCUT2D eigenvalue weighted by atomic mass is 28.3. The average Bonchev–Trinajstić information content (AvgIpc) is 3.69. The van der Waals surface area contributed by atoms with Crippen molar-refractivity contribution in [1.29, 1.82) is 0 Å². The van der Waals surface area contributed by atoms with Gasteiger partial charge in [-0.15, -0.1) is 5.10 Å². The number of pyridine rings is 1. The van der Waals surface area contributed by atoms with Gasteiger partial charge < -0.3 is 14.0 Å². The second-order valence-corrected chi connectivity index (χ2v) is 18.9. The van der Waals surface area contributed by atoms with Crippen LogP contribution in [0, 0.1) is 12.8 Å². The number of benzene rings is 2. The molecular weight excluding hydrogens is 567 g/mol.